The number of carbonyl (C=O) groups excluding carboxylic acids is 3. The van der Waals surface area contributed by atoms with Crippen LogP contribution in [0.1, 0.15) is 18.5 Å². The van der Waals surface area contributed by atoms with Crippen LogP contribution in [0.5, 0.6) is 0 Å². The zero-order chi connectivity index (χ0) is 22.8. The lowest BCUT2D eigenvalue weighted by Gasteiger charge is -2.17. The molecular weight excluding hydrogens is 471 g/mol. The van der Waals surface area contributed by atoms with Crippen LogP contribution in [-0.4, -0.2) is 44.6 Å². The molecule has 164 valence electrons. The fourth-order valence-corrected chi connectivity index (χ4v) is 4.54. The molecule has 1 aromatic heterocycles. The Hall–Kier alpha value is -2.81. The van der Waals surface area contributed by atoms with Gasteiger partial charge in [-0.2, -0.15) is 0 Å². The number of benzene rings is 2. The summed E-state index contributed by atoms with van der Waals surface area (Å²) in [7, 11) is 0. The van der Waals surface area contributed by atoms with Crippen molar-refractivity contribution in [3.8, 4) is 0 Å². The normalized spacial score (nSPS) is 16.2. The van der Waals surface area contributed by atoms with Crippen LogP contribution in [0.4, 0.5) is 4.79 Å². The number of aromatic nitrogens is 2. The van der Waals surface area contributed by atoms with Crippen LogP contribution in [-0.2, 0) is 9.59 Å². The lowest BCUT2D eigenvalue weighted by atomic mass is 10.2. The SMILES string of the molecule is CC(C(=O)NCCN1C(=O)S/C(=C\c2cccc(Cl)c2Cl)C1=O)n1cnc2ccccc21. The number of nitrogens with zero attached hydrogens (tertiary/aromatic N) is 3. The molecule has 1 unspecified atom stereocenters. The first-order valence-corrected chi connectivity index (χ1v) is 11.3. The third-order valence-electron chi connectivity index (χ3n) is 5.05. The molecule has 0 aliphatic carbocycles. The minimum atomic E-state index is -0.498. The van der Waals surface area contributed by atoms with Gasteiger partial charge in [-0.15, -0.1) is 0 Å². The summed E-state index contributed by atoms with van der Waals surface area (Å²) in [6, 6.07) is 12.1. The van der Waals surface area contributed by atoms with Crippen LogP contribution >= 0.6 is 35.0 Å². The van der Waals surface area contributed by atoms with E-state index in [0.29, 0.717) is 15.6 Å². The van der Waals surface area contributed by atoms with Crippen LogP contribution in [0.3, 0.4) is 0 Å². The van der Waals surface area contributed by atoms with Crippen LogP contribution in [0.25, 0.3) is 17.1 Å². The fraction of sp³-hybridized carbons (Fsp3) is 0.182. The number of fused-ring (bicyclic) bond motifs is 1. The Labute approximate surface area is 198 Å². The maximum Gasteiger partial charge on any atom is 0.293 e. The summed E-state index contributed by atoms with van der Waals surface area (Å²) in [5.74, 6) is -0.666. The van der Waals surface area contributed by atoms with E-state index in [1.807, 2.05) is 24.3 Å². The van der Waals surface area contributed by atoms with Crippen LogP contribution in [0, 0.1) is 0 Å². The van der Waals surface area contributed by atoms with Crippen molar-refractivity contribution in [1.29, 1.82) is 0 Å². The topological polar surface area (TPSA) is 84.3 Å². The summed E-state index contributed by atoms with van der Waals surface area (Å²) in [6.07, 6.45) is 3.17. The molecule has 32 heavy (non-hydrogen) atoms. The number of rotatable bonds is 6. The highest BCUT2D eigenvalue weighted by Gasteiger charge is 2.35. The van der Waals surface area contributed by atoms with E-state index in [0.717, 1.165) is 27.7 Å². The van der Waals surface area contributed by atoms with Crippen molar-refractivity contribution in [1.82, 2.24) is 19.8 Å². The summed E-state index contributed by atoms with van der Waals surface area (Å²) in [5, 5.41) is 3.06. The van der Waals surface area contributed by atoms with Crippen molar-refractivity contribution in [3.05, 3.63) is 69.3 Å². The molecule has 1 N–H and O–H groups in total. The van der Waals surface area contributed by atoms with Crippen LogP contribution in [0.2, 0.25) is 10.0 Å². The van der Waals surface area contributed by atoms with Crippen LogP contribution in [0.15, 0.2) is 53.7 Å². The maximum atomic E-state index is 12.7. The fourth-order valence-electron chi connectivity index (χ4n) is 3.32. The first kappa shape index (κ1) is 22.4. The Morgan fingerprint density at radius 1 is 1.19 bits per heavy atom. The third-order valence-corrected chi connectivity index (χ3v) is 6.80. The van der Waals surface area contributed by atoms with Crippen molar-refractivity contribution in [2.75, 3.05) is 13.1 Å². The maximum absolute atomic E-state index is 12.7. The Bertz CT molecular complexity index is 1260. The number of imide groups is 1. The molecule has 1 saturated heterocycles. The predicted molar refractivity (Wildman–Crippen MR) is 127 cm³/mol. The average Bonchev–Trinajstić information content (AvgIpc) is 3.32. The number of imidazole rings is 1. The molecule has 1 aliphatic rings. The van der Waals surface area contributed by atoms with Gasteiger partial charge in [0.25, 0.3) is 11.1 Å². The molecule has 2 heterocycles. The Kier molecular flexibility index (Phi) is 6.55. The second-order valence-corrected chi connectivity index (χ2v) is 8.86. The van der Waals surface area contributed by atoms with E-state index < -0.39 is 17.2 Å². The van der Waals surface area contributed by atoms with Gasteiger partial charge in [0.2, 0.25) is 5.91 Å². The zero-order valence-corrected chi connectivity index (χ0v) is 19.2. The number of thioether (sulfide) groups is 1. The van der Waals surface area contributed by atoms with Gasteiger partial charge in [-0.05, 0) is 48.5 Å². The first-order valence-electron chi connectivity index (χ1n) is 9.75. The van der Waals surface area contributed by atoms with Crippen molar-refractivity contribution < 1.29 is 14.4 Å². The molecule has 0 spiro atoms. The number of halogens is 2. The van der Waals surface area contributed by atoms with Gasteiger partial charge < -0.3 is 9.88 Å². The monoisotopic (exact) mass is 488 g/mol. The van der Waals surface area contributed by atoms with E-state index in [1.54, 1.807) is 42.1 Å². The number of para-hydroxylation sites is 2. The molecule has 4 rings (SSSR count). The van der Waals surface area contributed by atoms with E-state index in [9.17, 15) is 14.4 Å². The minimum Gasteiger partial charge on any atom is -0.353 e. The Morgan fingerprint density at radius 2 is 1.97 bits per heavy atom. The van der Waals surface area contributed by atoms with Gasteiger partial charge in [0.15, 0.2) is 0 Å². The number of hydrogen-bond acceptors (Lipinski definition) is 5. The number of carbonyl (C=O) groups is 3. The summed E-state index contributed by atoms with van der Waals surface area (Å²) >= 11 is 13.0. The van der Waals surface area contributed by atoms with Crippen LogP contribution < -0.4 is 5.32 Å². The Balaban J connectivity index is 1.38. The standard InChI is InChI=1S/C22H18Cl2N4O3S/c1-13(28-12-26-16-7-2-3-8-17(16)28)20(29)25-9-10-27-21(30)18(32-22(27)31)11-14-5-4-6-15(23)19(14)24/h2-8,11-13H,9-10H2,1H3,(H,25,29)/b18-11-. The number of amides is 3. The van der Waals surface area contributed by atoms with Crippen molar-refractivity contribution in [3.63, 3.8) is 0 Å². The van der Waals surface area contributed by atoms with Gasteiger partial charge in [-0.3, -0.25) is 19.3 Å². The molecule has 0 saturated carbocycles. The molecule has 0 radical (unpaired) electrons. The molecule has 2 aromatic carbocycles. The lowest BCUT2D eigenvalue weighted by Crippen LogP contribution is -2.39. The van der Waals surface area contributed by atoms with Gasteiger partial charge in [-0.25, -0.2) is 4.98 Å². The Morgan fingerprint density at radius 3 is 2.78 bits per heavy atom. The summed E-state index contributed by atoms with van der Waals surface area (Å²) < 4.78 is 1.78. The van der Waals surface area contributed by atoms with Gasteiger partial charge in [0.1, 0.15) is 6.04 Å². The molecule has 0 bridgehead atoms. The van der Waals surface area contributed by atoms with E-state index in [1.165, 1.54) is 0 Å². The van der Waals surface area contributed by atoms with Gasteiger partial charge in [0.05, 0.1) is 32.3 Å². The van der Waals surface area contributed by atoms with Gasteiger partial charge in [0, 0.05) is 13.1 Å². The average molecular weight is 489 g/mol. The van der Waals surface area contributed by atoms with Crippen molar-refractivity contribution in [2.45, 2.75) is 13.0 Å². The van der Waals surface area contributed by atoms with Gasteiger partial charge >= 0.3 is 0 Å². The zero-order valence-electron chi connectivity index (χ0n) is 16.9. The highest BCUT2D eigenvalue weighted by molar-refractivity contribution is 8.18. The predicted octanol–water partition coefficient (Wildman–Crippen LogP) is 4.76. The largest absolute Gasteiger partial charge is 0.353 e. The highest BCUT2D eigenvalue weighted by Crippen LogP contribution is 2.34. The van der Waals surface area contributed by atoms with E-state index in [2.05, 4.69) is 10.3 Å². The van der Waals surface area contributed by atoms with Gasteiger partial charge in [-0.1, -0.05) is 47.5 Å². The number of nitrogens with one attached hydrogen (secondary N) is 1. The molecule has 1 aliphatic heterocycles. The molecule has 7 nitrogen and oxygen atoms in total. The van der Waals surface area contributed by atoms with E-state index in [4.69, 9.17) is 23.2 Å². The number of hydrogen-bond donors (Lipinski definition) is 1. The van der Waals surface area contributed by atoms with Crippen molar-refractivity contribution >= 4 is 69.1 Å². The summed E-state index contributed by atoms with van der Waals surface area (Å²) in [6.45, 7) is 1.97. The molecule has 1 atom stereocenters. The molecular formula is C22H18Cl2N4O3S. The van der Waals surface area contributed by atoms with E-state index in [-0.39, 0.29) is 23.9 Å². The first-order chi connectivity index (χ1) is 15.4. The smallest absolute Gasteiger partial charge is 0.293 e. The lowest BCUT2D eigenvalue weighted by molar-refractivity contribution is -0.125. The van der Waals surface area contributed by atoms with E-state index >= 15 is 0 Å². The highest BCUT2D eigenvalue weighted by atomic mass is 35.5. The molecule has 10 heteroatoms. The molecule has 3 amide bonds. The quantitative estimate of drug-likeness (QED) is 0.505. The summed E-state index contributed by atoms with van der Waals surface area (Å²) in [4.78, 5) is 43.3. The third kappa shape index (κ3) is 4.39. The van der Waals surface area contributed by atoms with Crippen molar-refractivity contribution in [2.24, 2.45) is 0 Å². The second kappa shape index (κ2) is 9.36. The second-order valence-electron chi connectivity index (χ2n) is 7.08. The molecule has 1 fully saturated rings. The molecule has 3 aromatic rings. The minimum absolute atomic E-state index is 0.0639. The summed E-state index contributed by atoms with van der Waals surface area (Å²) in [5.41, 5.74) is 2.21.